The van der Waals surface area contributed by atoms with Crippen molar-refractivity contribution in [2.45, 2.75) is 96.3 Å². The third-order valence-corrected chi connectivity index (χ3v) is 9.18. The summed E-state index contributed by atoms with van der Waals surface area (Å²) in [6.07, 6.45) is -0.487. The molecule has 0 aliphatic heterocycles. The summed E-state index contributed by atoms with van der Waals surface area (Å²) in [5.74, 6) is -2.77. The topological polar surface area (TPSA) is 118 Å². The van der Waals surface area contributed by atoms with Crippen molar-refractivity contribution in [2.24, 2.45) is 11.3 Å². The van der Waals surface area contributed by atoms with Gasteiger partial charge in [0.1, 0.15) is 0 Å². The number of carboxylic acid groups (broad SMARTS) is 1. The van der Waals surface area contributed by atoms with E-state index in [4.69, 9.17) is 0 Å². The molecule has 1 heterocycles. The number of alkyl halides is 3. The Balaban J connectivity index is 2.08. The molecular weight excluding hydrogens is 578 g/mol. The Bertz CT molecular complexity index is 1420. The van der Waals surface area contributed by atoms with Gasteiger partial charge in [0.2, 0.25) is 16.0 Å². The number of aromatic nitrogens is 1. The molecule has 234 valence electrons. The van der Waals surface area contributed by atoms with E-state index in [2.05, 4.69) is 10.0 Å². The van der Waals surface area contributed by atoms with Gasteiger partial charge >= 0.3 is 12.1 Å². The average molecular weight is 618 g/mol. The summed E-state index contributed by atoms with van der Waals surface area (Å²) in [6.45, 7) is 7.55. The minimum absolute atomic E-state index is 0.00678. The molecule has 0 atom stereocenters. The fourth-order valence-electron chi connectivity index (χ4n) is 5.02. The van der Waals surface area contributed by atoms with Gasteiger partial charge in [0, 0.05) is 18.6 Å². The number of halogens is 4. The number of sulfonamides is 1. The van der Waals surface area contributed by atoms with Crippen molar-refractivity contribution in [3.8, 4) is 11.3 Å². The lowest BCUT2D eigenvalue weighted by atomic mass is 9.89. The molecule has 1 aromatic heterocycles. The van der Waals surface area contributed by atoms with Crippen LogP contribution in [0.1, 0.15) is 89.1 Å². The summed E-state index contributed by atoms with van der Waals surface area (Å²) in [5.41, 5.74) is -4.08. The zero-order valence-corrected chi connectivity index (χ0v) is 25.3. The molecule has 0 unspecified atom stereocenters. The molecule has 1 fully saturated rings. The second kappa shape index (κ2) is 12.4. The number of carbonyl (C=O) groups is 2. The van der Waals surface area contributed by atoms with Crippen LogP contribution in [0.25, 0.3) is 11.3 Å². The molecule has 1 aromatic carbocycles. The third kappa shape index (κ3) is 8.12. The molecule has 0 spiro atoms. The number of carboxylic acids is 1. The van der Waals surface area contributed by atoms with Gasteiger partial charge in [-0.25, -0.2) is 13.1 Å². The Morgan fingerprint density at radius 3 is 2.19 bits per heavy atom. The fraction of sp³-hybridized carbons (Fsp3) is 0.586. The number of hydrogen-bond donors (Lipinski definition) is 3. The van der Waals surface area contributed by atoms with Crippen LogP contribution in [0.4, 0.5) is 17.6 Å². The molecule has 42 heavy (non-hydrogen) atoms. The highest BCUT2D eigenvalue weighted by molar-refractivity contribution is 7.89. The molecule has 2 aromatic rings. The Kier molecular flexibility index (Phi) is 9.88. The maximum Gasteiger partial charge on any atom is 0.417 e. The van der Waals surface area contributed by atoms with E-state index in [1.807, 2.05) is 0 Å². The van der Waals surface area contributed by atoms with E-state index in [1.54, 1.807) is 0 Å². The summed E-state index contributed by atoms with van der Waals surface area (Å²) in [4.78, 5) is 23.4. The van der Waals surface area contributed by atoms with E-state index in [-0.39, 0.29) is 36.7 Å². The van der Waals surface area contributed by atoms with Gasteiger partial charge in [-0.3, -0.25) is 9.59 Å². The molecule has 0 bridgehead atoms. The van der Waals surface area contributed by atoms with Crippen LogP contribution in [0.15, 0.2) is 29.2 Å². The van der Waals surface area contributed by atoms with Gasteiger partial charge in [0.25, 0.3) is 5.91 Å². The second-order valence-corrected chi connectivity index (χ2v) is 14.3. The van der Waals surface area contributed by atoms with Gasteiger partial charge in [-0.1, -0.05) is 25.3 Å². The molecule has 1 aliphatic carbocycles. The Morgan fingerprint density at radius 2 is 1.64 bits per heavy atom. The molecule has 1 saturated carbocycles. The van der Waals surface area contributed by atoms with Crippen molar-refractivity contribution in [2.75, 3.05) is 6.54 Å². The lowest BCUT2D eigenvalue weighted by molar-refractivity contribution is -0.147. The summed E-state index contributed by atoms with van der Waals surface area (Å²) in [5, 5.41) is 11.8. The van der Waals surface area contributed by atoms with E-state index in [0.717, 1.165) is 44.2 Å². The van der Waals surface area contributed by atoms with Crippen LogP contribution >= 0.6 is 0 Å². The number of benzene rings is 1. The predicted octanol–water partition coefficient (Wildman–Crippen LogP) is 6.20. The van der Waals surface area contributed by atoms with Crippen molar-refractivity contribution in [3.05, 3.63) is 41.3 Å². The van der Waals surface area contributed by atoms with Crippen molar-refractivity contribution >= 4 is 21.9 Å². The van der Waals surface area contributed by atoms with Crippen LogP contribution in [0.5, 0.6) is 0 Å². The van der Waals surface area contributed by atoms with E-state index in [0.29, 0.717) is 6.07 Å². The van der Waals surface area contributed by atoms with Crippen molar-refractivity contribution in [1.29, 1.82) is 0 Å². The number of carbonyl (C=O) groups excluding carboxylic acids is 1. The van der Waals surface area contributed by atoms with Crippen LogP contribution in [0.2, 0.25) is 0 Å². The van der Waals surface area contributed by atoms with E-state index >= 15 is 4.39 Å². The molecular formula is C29H39F4N3O5S. The molecule has 13 heteroatoms. The lowest BCUT2D eigenvalue weighted by Crippen LogP contribution is -2.41. The lowest BCUT2D eigenvalue weighted by Gasteiger charge is -2.24. The molecule has 1 amide bonds. The number of nitrogens with one attached hydrogen (secondary N) is 2. The summed E-state index contributed by atoms with van der Waals surface area (Å²) < 4.78 is 87.7. The SMILES string of the molecule is CC(C)(C)NS(=O)(=O)c1ccc(-c2cc(C(=O)NCCC(C)(C)C(=O)O)c(F)n2CC2CCCCC2)cc1C(F)(F)F. The van der Waals surface area contributed by atoms with Gasteiger partial charge < -0.3 is 15.0 Å². The van der Waals surface area contributed by atoms with Crippen LogP contribution in [0, 0.1) is 17.3 Å². The smallest absolute Gasteiger partial charge is 0.417 e. The summed E-state index contributed by atoms with van der Waals surface area (Å²) >= 11 is 0. The van der Waals surface area contributed by atoms with Crippen molar-refractivity contribution < 1.29 is 40.7 Å². The van der Waals surface area contributed by atoms with E-state index < -0.39 is 61.0 Å². The largest absolute Gasteiger partial charge is 0.481 e. The maximum atomic E-state index is 15.8. The highest BCUT2D eigenvalue weighted by atomic mass is 32.2. The molecule has 1 aliphatic rings. The van der Waals surface area contributed by atoms with Gasteiger partial charge in [-0.05, 0) is 83.6 Å². The quantitative estimate of drug-likeness (QED) is 0.275. The number of rotatable bonds is 10. The first kappa shape index (κ1) is 33.6. The molecule has 3 N–H and O–H groups in total. The first-order chi connectivity index (χ1) is 19.2. The second-order valence-electron chi connectivity index (χ2n) is 12.6. The van der Waals surface area contributed by atoms with Gasteiger partial charge in [0.05, 0.1) is 27.1 Å². The third-order valence-electron chi connectivity index (χ3n) is 7.37. The zero-order chi connectivity index (χ0) is 31.7. The van der Waals surface area contributed by atoms with Crippen LogP contribution < -0.4 is 10.0 Å². The number of nitrogens with zero attached hydrogens (tertiary/aromatic N) is 1. The van der Waals surface area contributed by atoms with E-state index in [1.165, 1.54) is 45.3 Å². The minimum atomic E-state index is -5.05. The van der Waals surface area contributed by atoms with Gasteiger partial charge in [0.15, 0.2) is 0 Å². The summed E-state index contributed by atoms with van der Waals surface area (Å²) in [6, 6.07) is 3.85. The predicted molar refractivity (Wildman–Crippen MR) is 150 cm³/mol. The fourth-order valence-corrected chi connectivity index (χ4v) is 6.65. The zero-order valence-electron chi connectivity index (χ0n) is 24.5. The van der Waals surface area contributed by atoms with Crippen molar-refractivity contribution in [3.63, 3.8) is 0 Å². The molecule has 0 radical (unpaired) electrons. The summed E-state index contributed by atoms with van der Waals surface area (Å²) in [7, 11) is -4.57. The number of hydrogen-bond acceptors (Lipinski definition) is 4. The molecule has 3 rings (SSSR count). The Hall–Kier alpha value is -2.93. The highest BCUT2D eigenvalue weighted by Gasteiger charge is 2.39. The standard InChI is InChI=1S/C29H39F4N3O5S/c1-27(2,3)35-42(40,41)23-12-11-19(15-21(23)29(31,32)33)22-16-20(25(37)34-14-13-28(4,5)26(38)39)24(30)36(22)17-18-9-7-6-8-10-18/h11-12,15-16,18,35H,6-10,13-14,17H2,1-5H3,(H,34,37)(H,38,39). The average Bonchev–Trinajstić information content (AvgIpc) is 3.18. The van der Waals surface area contributed by atoms with Crippen LogP contribution in [0.3, 0.4) is 0 Å². The molecule has 0 saturated heterocycles. The van der Waals surface area contributed by atoms with Crippen molar-refractivity contribution in [1.82, 2.24) is 14.6 Å². The first-order valence-electron chi connectivity index (χ1n) is 13.9. The monoisotopic (exact) mass is 617 g/mol. The number of aliphatic carboxylic acids is 1. The number of amides is 1. The van der Waals surface area contributed by atoms with Gasteiger partial charge in [-0.15, -0.1) is 0 Å². The molecule has 8 nitrogen and oxygen atoms in total. The minimum Gasteiger partial charge on any atom is -0.481 e. The maximum absolute atomic E-state index is 15.8. The Labute approximate surface area is 243 Å². The normalized spacial score (nSPS) is 15.5. The van der Waals surface area contributed by atoms with Crippen LogP contribution in [-0.4, -0.2) is 42.1 Å². The Morgan fingerprint density at radius 1 is 1.02 bits per heavy atom. The van der Waals surface area contributed by atoms with Gasteiger partial charge in [-0.2, -0.15) is 17.6 Å². The first-order valence-corrected chi connectivity index (χ1v) is 15.4. The highest BCUT2D eigenvalue weighted by Crippen LogP contribution is 2.39. The van der Waals surface area contributed by atoms with Crippen LogP contribution in [-0.2, 0) is 27.5 Å². The van der Waals surface area contributed by atoms with E-state index in [9.17, 15) is 36.3 Å².